The second-order valence-corrected chi connectivity index (χ2v) is 6.03. The van der Waals surface area contributed by atoms with E-state index in [1.807, 2.05) is 30.3 Å². The van der Waals surface area contributed by atoms with Crippen molar-refractivity contribution in [3.8, 4) is 0 Å². The highest BCUT2D eigenvalue weighted by molar-refractivity contribution is 7.81. The van der Waals surface area contributed by atoms with Gasteiger partial charge in [-0.1, -0.05) is 43.2 Å². The van der Waals surface area contributed by atoms with Crippen molar-refractivity contribution in [3.63, 3.8) is 0 Å². The summed E-state index contributed by atoms with van der Waals surface area (Å²) in [6.07, 6.45) is 2.44. The zero-order valence-corrected chi connectivity index (χ0v) is 13.5. The lowest BCUT2D eigenvalue weighted by atomic mass is 9.81. The Labute approximate surface area is 135 Å². The molecular formula is C16H21NO4S. The number of thiol groups is 1. The van der Waals surface area contributed by atoms with E-state index >= 15 is 0 Å². The van der Waals surface area contributed by atoms with E-state index in [0.717, 1.165) is 24.8 Å². The summed E-state index contributed by atoms with van der Waals surface area (Å²) < 4.78 is 10.1. The van der Waals surface area contributed by atoms with E-state index in [4.69, 9.17) is 9.47 Å². The maximum atomic E-state index is 12.2. The van der Waals surface area contributed by atoms with Crippen LogP contribution in [0.2, 0.25) is 0 Å². The van der Waals surface area contributed by atoms with Gasteiger partial charge in [0.15, 0.2) is 5.54 Å². The number of benzene rings is 1. The lowest BCUT2D eigenvalue weighted by Gasteiger charge is -2.39. The Morgan fingerprint density at radius 2 is 2.05 bits per heavy atom. The number of ether oxygens (including phenoxy) is 2. The Morgan fingerprint density at radius 1 is 1.32 bits per heavy atom. The third-order valence-electron chi connectivity index (χ3n) is 3.96. The highest BCUT2D eigenvalue weighted by Gasteiger charge is 2.48. The molecule has 0 aliphatic heterocycles. The maximum Gasteiger partial charge on any atom is 0.408 e. The van der Waals surface area contributed by atoms with Gasteiger partial charge < -0.3 is 14.8 Å². The van der Waals surface area contributed by atoms with Gasteiger partial charge in [0.25, 0.3) is 0 Å². The molecule has 1 fully saturated rings. The van der Waals surface area contributed by atoms with E-state index in [2.05, 4.69) is 17.9 Å². The second-order valence-electron chi connectivity index (χ2n) is 5.41. The van der Waals surface area contributed by atoms with E-state index in [1.54, 1.807) is 0 Å². The highest BCUT2D eigenvalue weighted by atomic mass is 32.1. The second kappa shape index (κ2) is 7.54. The molecule has 6 heteroatoms. The van der Waals surface area contributed by atoms with Gasteiger partial charge in [0, 0.05) is 5.25 Å². The molecule has 0 spiro atoms. The molecule has 1 aliphatic carbocycles. The van der Waals surface area contributed by atoms with Crippen LogP contribution in [-0.2, 0) is 20.9 Å². The molecule has 22 heavy (non-hydrogen) atoms. The highest BCUT2D eigenvalue weighted by Crippen LogP contribution is 2.33. The van der Waals surface area contributed by atoms with Crippen LogP contribution in [0.4, 0.5) is 4.79 Å². The van der Waals surface area contributed by atoms with Crippen LogP contribution in [-0.4, -0.2) is 30.0 Å². The van der Waals surface area contributed by atoms with Crippen LogP contribution in [0, 0.1) is 0 Å². The van der Waals surface area contributed by atoms with Crippen LogP contribution in [0.1, 0.15) is 31.2 Å². The van der Waals surface area contributed by atoms with Crippen molar-refractivity contribution in [3.05, 3.63) is 35.9 Å². The van der Waals surface area contributed by atoms with E-state index in [0.29, 0.717) is 6.42 Å². The quantitative estimate of drug-likeness (QED) is 0.660. The minimum atomic E-state index is -1.11. The molecule has 0 radical (unpaired) electrons. The third-order valence-corrected chi connectivity index (χ3v) is 4.65. The Hall–Kier alpha value is -1.69. The summed E-state index contributed by atoms with van der Waals surface area (Å²) in [5.41, 5.74) is -0.222. The molecular weight excluding hydrogens is 302 g/mol. The third kappa shape index (κ3) is 3.74. The average Bonchev–Trinajstić information content (AvgIpc) is 2.55. The predicted molar refractivity (Wildman–Crippen MR) is 85.8 cm³/mol. The molecule has 1 amide bonds. The first-order valence-corrected chi connectivity index (χ1v) is 7.85. The number of methoxy groups -OCH3 is 1. The van der Waals surface area contributed by atoms with Gasteiger partial charge in [-0.2, -0.15) is 12.6 Å². The van der Waals surface area contributed by atoms with Crippen molar-refractivity contribution in [2.45, 2.75) is 43.1 Å². The Kier molecular flexibility index (Phi) is 5.71. The minimum Gasteiger partial charge on any atom is -0.467 e. The predicted octanol–water partition coefficient (Wildman–Crippen LogP) is 2.70. The topological polar surface area (TPSA) is 64.6 Å². The van der Waals surface area contributed by atoms with Gasteiger partial charge in [-0.15, -0.1) is 0 Å². The summed E-state index contributed by atoms with van der Waals surface area (Å²) in [4.78, 5) is 24.2. The summed E-state index contributed by atoms with van der Waals surface area (Å²) in [5, 5.41) is 2.41. The molecule has 1 saturated carbocycles. The molecule has 1 aromatic carbocycles. The molecule has 0 unspecified atom stereocenters. The van der Waals surface area contributed by atoms with Crippen LogP contribution >= 0.6 is 12.6 Å². The van der Waals surface area contributed by atoms with Gasteiger partial charge in [0.2, 0.25) is 0 Å². The monoisotopic (exact) mass is 323 g/mol. The molecule has 0 heterocycles. The molecule has 0 bridgehead atoms. The number of carbonyl (C=O) groups is 2. The Balaban J connectivity index is 2.01. The summed E-state index contributed by atoms with van der Waals surface area (Å²) in [6.45, 7) is 0.154. The fourth-order valence-corrected chi connectivity index (χ4v) is 3.19. The van der Waals surface area contributed by atoms with Crippen molar-refractivity contribution < 1.29 is 19.1 Å². The van der Waals surface area contributed by atoms with Crippen molar-refractivity contribution in [2.75, 3.05) is 7.11 Å². The van der Waals surface area contributed by atoms with Gasteiger partial charge in [0.1, 0.15) is 6.61 Å². The summed E-state index contributed by atoms with van der Waals surface area (Å²) in [6, 6.07) is 9.37. The van der Waals surface area contributed by atoms with Gasteiger partial charge in [-0.25, -0.2) is 9.59 Å². The van der Waals surface area contributed by atoms with E-state index in [9.17, 15) is 9.59 Å². The Bertz CT molecular complexity index is 522. The van der Waals surface area contributed by atoms with Crippen LogP contribution in [0.3, 0.4) is 0 Å². The largest absolute Gasteiger partial charge is 0.467 e. The van der Waals surface area contributed by atoms with Crippen LogP contribution in [0.25, 0.3) is 0 Å². The number of nitrogens with one attached hydrogen (secondary N) is 1. The maximum absolute atomic E-state index is 12.2. The van der Waals surface area contributed by atoms with E-state index in [1.165, 1.54) is 7.11 Å². The molecule has 2 atom stereocenters. The van der Waals surface area contributed by atoms with Gasteiger partial charge in [0.05, 0.1) is 7.11 Å². The first-order valence-electron chi connectivity index (χ1n) is 7.34. The zero-order chi connectivity index (χ0) is 16.0. The number of hydrogen-bond acceptors (Lipinski definition) is 5. The number of alkyl carbamates (subject to hydrolysis) is 1. The van der Waals surface area contributed by atoms with Crippen LogP contribution in [0.15, 0.2) is 30.3 Å². The van der Waals surface area contributed by atoms with Crippen molar-refractivity contribution in [1.29, 1.82) is 0 Å². The van der Waals surface area contributed by atoms with Crippen molar-refractivity contribution in [2.24, 2.45) is 0 Å². The van der Waals surface area contributed by atoms with Crippen LogP contribution < -0.4 is 5.32 Å². The number of carbonyl (C=O) groups excluding carboxylic acids is 2. The number of amides is 1. The molecule has 2 rings (SSSR count). The molecule has 1 N–H and O–H groups in total. The molecule has 0 saturated heterocycles. The molecule has 5 nitrogen and oxygen atoms in total. The van der Waals surface area contributed by atoms with Crippen LogP contribution in [0.5, 0.6) is 0 Å². The fraction of sp³-hybridized carbons (Fsp3) is 0.500. The molecule has 120 valence electrons. The van der Waals surface area contributed by atoms with E-state index in [-0.39, 0.29) is 11.9 Å². The Morgan fingerprint density at radius 3 is 2.68 bits per heavy atom. The zero-order valence-electron chi connectivity index (χ0n) is 12.6. The lowest BCUT2D eigenvalue weighted by molar-refractivity contribution is -0.149. The number of hydrogen-bond donors (Lipinski definition) is 2. The van der Waals surface area contributed by atoms with E-state index < -0.39 is 17.6 Å². The summed E-state index contributed by atoms with van der Waals surface area (Å²) in [5.74, 6) is -0.469. The number of esters is 1. The van der Waals surface area contributed by atoms with Gasteiger partial charge >= 0.3 is 12.1 Å². The SMILES string of the molecule is COC(=O)[C@]1(NC(=O)OCc2ccccc2)CCCC[C@H]1S. The summed E-state index contributed by atoms with van der Waals surface area (Å²) >= 11 is 4.48. The first kappa shape index (κ1) is 16.7. The first-order chi connectivity index (χ1) is 10.6. The average molecular weight is 323 g/mol. The normalized spacial score (nSPS) is 24.4. The summed E-state index contributed by atoms with van der Waals surface area (Å²) in [7, 11) is 1.32. The minimum absolute atomic E-state index is 0.154. The molecule has 1 aliphatic rings. The fourth-order valence-electron chi connectivity index (χ4n) is 2.71. The molecule has 1 aromatic rings. The van der Waals surface area contributed by atoms with Gasteiger partial charge in [-0.05, 0) is 18.4 Å². The van der Waals surface area contributed by atoms with Crippen molar-refractivity contribution in [1.82, 2.24) is 5.32 Å². The number of rotatable bonds is 4. The lowest BCUT2D eigenvalue weighted by Crippen LogP contribution is -2.62. The van der Waals surface area contributed by atoms with Crippen molar-refractivity contribution >= 4 is 24.7 Å². The smallest absolute Gasteiger partial charge is 0.408 e. The van der Waals surface area contributed by atoms with Gasteiger partial charge in [-0.3, -0.25) is 0 Å². The standard InChI is InChI=1S/C16H21NO4S/c1-20-14(18)16(10-6-5-9-13(16)22)17-15(19)21-11-12-7-3-2-4-8-12/h2-4,7-8,13,22H,5-6,9-11H2,1H3,(H,17,19)/t13-,16+/m1/s1. The molecule has 0 aromatic heterocycles.